The van der Waals surface area contributed by atoms with Gasteiger partial charge in [-0.2, -0.15) is 0 Å². The van der Waals surface area contributed by atoms with Crippen LogP contribution in [-0.4, -0.2) is 44.1 Å². The molecule has 7 nitrogen and oxygen atoms in total. The number of carboxylic acid groups (broad SMARTS) is 1. The molecule has 0 aliphatic heterocycles. The Morgan fingerprint density at radius 3 is 2.28 bits per heavy atom. The first-order valence-electron chi connectivity index (χ1n) is 5.81. The molecule has 0 heterocycles. The number of carboxylic acids is 1. The molecule has 0 atom stereocenters. The lowest BCUT2D eigenvalue weighted by molar-refractivity contribution is -0.895. The molecule has 0 saturated carbocycles. The summed E-state index contributed by atoms with van der Waals surface area (Å²) in [5.74, 6) is -2.29. The van der Waals surface area contributed by atoms with Crippen molar-refractivity contribution in [2.75, 3.05) is 26.2 Å². The Bertz CT molecular complexity index is 324. The van der Waals surface area contributed by atoms with Gasteiger partial charge in [-0.15, -0.1) is 0 Å². The van der Waals surface area contributed by atoms with Crippen molar-refractivity contribution in [3.05, 3.63) is 12.2 Å². The quantitative estimate of drug-likeness (QED) is 0.424. The van der Waals surface area contributed by atoms with E-state index in [1.54, 1.807) is 0 Å². The van der Waals surface area contributed by atoms with Crippen molar-refractivity contribution in [3.63, 3.8) is 0 Å². The molecule has 3 N–H and O–H groups in total. The molecule has 0 saturated heterocycles. The van der Waals surface area contributed by atoms with Crippen LogP contribution < -0.4 is 20.6 Å². The molecule has 0 spiro atoms. The summed E-state index contributed by atoms with van der Waals surface area (Å²) in [6.45, 7) is 7.24. The number of carbonyl (C=O) groups is 3. The molecule has 0 aromatic carbocycles. The lowest BCUT2D eigenvalue weighted by Crippen LogP contribution is -3.12. The van der Waals surface area contributed by atoms with Gasteiger partial charge in [-0.1, -0.05) is 0 Å². The Labute approximate surface area is 106 Å². The summed E-state index contributed by atoms with van der Waals surface area (Å²) >= 11 is 0. The topological polar surface area (TPSA) is 103 Å². The van der Waals surface area contributed by atoms with Crippen LogP contribution in [0.5, 0.6) is 0 Å². The second kappa shape index (κ2) is 9.17. The van der Waals surface area contributed by atoms with E-state index < -0.39 is 17.9 Å². The summed E-state index contributed by atoms with van der Waals surface area (Å²) in [4.78, 5) is 33.6. The van der Waals surface area contributed by atoms with Crippen LogP contribution in [0, 0.1) is 0 Å². The molecule has 102 valence electrons. The van der Waals surface area contributed by atoms with E-state index in [4.69, 9.17) is 0 Å². The van der Waals surface area contributed by atoms with E-state index >= 15 is 0 Å². The van der Waals surface area contributed by atoms with Crippen LogP contribution in [-0.2, 0) is 9.59 Å². The van der Waals surface area contributed by atoms with E-state index in [1.165, 1.54) is 4.90 Å². The molecule has 0 bridgehead atoms. The van der Waals surface area contributed by atoms with E-state index in [1.807, 2.05) is 19.2 Å². The summed E-state index contributed by atoms with van der Waals surface area (Å²) in [5, 5.41) is 14.5. The lowest BCUT2D eigenvalue weighted by atomic mass is 10.4. The van der Waals surface area contributed by atoms with Gasteiger partial charge in [0.1, 0.15) is 0 Å². The second-order valence-corrected chi connectivity index (χ2v) is 3.60. The van der Waals surface area contributed by atoms with Crippen LogP contribution in [0.25, 0.3) is 0 Å². The third kappa shape index (κ3) is 8.28. The van der Waals surface area contributed by atoms with Crippen LogP contribution >= 0.6 is 0 Å². The normalized spacial score (nSPS) is 10.6. The van der Waals surface area contributed by atoms with Gasteiger partial charge in [-0.05, 0) is 19.9 Å². The third-order valence-corrected chi connectivity index (χ3v) is 2.37. The Kier molecular flexibility index (Phi) is 8.21. The number of amides is 3. The van der Waals surface area contributed by atoms with Gasteiger partial charge in [0.15, 0.2) is 0 Å². The number of urea groups is 1. The van der Waals surface area contributed by atoms with Crippen molar-refractivity contribution in [1.29, 1.82) is 0 Å². The monoisotopic (exact) mass is 257 g/mol. The van der Waals surface area contributed by atoms with Gasteiger partial charge in [-0.25, -0.2) is 4.79 Å². The molecule has 0 aliphatic carbocycles. The fourth-order valence-corrected chi connectivity index (χ4v) is 1.30. The molecular weight excluding hydrogens is 238 g/mol. The highest BCUT2D eigenvalue weighted by Crippen LogP contribution is 1.73. The van der Waals surface area contributed by atoms with Gasteiger partial charge >= 0.3 is 6.03 Å². The first-order chi connectivity index (χ1) is 8.49. The molecule has 7 heteroatoms. The van der Waals surface area contributed by atoms with E-state index in [2.05, 4.69) is 5.32 Å². The SMILES string of the molecule is CC[NH+](CC)CCNC(=O)NC(=O)/C=C/C(=O)[O-]. The number of likely N-dealkylation sites (N-methyl/N-ethyl adjacent to an activating group) is 1. The Hall–Kier alpha value is -1.89. The second-order valence-electron chi connectivity index (χ2n) is 3.60. The van der Waals surface area contributed by atoms with Crippen molar-refractivity contribution in [3.8, 4) is 0 Å². The van der Waals surface area contributed by atoms with Gasteiger partial charge in [0, 0.05) is 6.08 Å². The van der Waals surface area contributed by atoms with Crippen LogP contribution in [0.15, 0.2) is 12.2 Å². The molecular formula is C11H19N3O4. The van der Waals surface area contributed by atoms with Crippen molar-refractivity contribution < 1.29 is 24.4 Å². The summed E-state index contributed by atoms with van der Waals surface area (Å²) < 4.78 is 0. The summed E-state index contributed by atoms with van der Waals surface area (Å²) in [6, 6.07) is -0.644. The van der Waals surface area contributed by atoms with E-state index in [0.29, 0.717) is 12.6 Å². The zero-order valence-corrected chi connectivity index (χ0v) is 10.6. The number of carbonyl (C=O) groups excluding carboxylic acids is 3. The molecule has 0 aromatic heterocycles. The average molecular weight is 257 g/mol. The molecule has 0 aromatic rings. The number of nitrogens with one attached hydrogen (secondary N) is 3. The summed E-state index contributed by atoms with van der Waals surface area (Å²) in [6.07, 6.45) is 1.28. The minimum absolute atomic E-state index is 0.445. The summed E-state index contributed by atoms with van der Waals surface area (Å²) in [5.41, 5.74) is 0. The van der Waals surface area contributed by atoms with Crippen molar-refractivity contribution >= 4 is 17.9 Å². The van der Waals surface area contributed by atoms with Crippen molar-refractivity contribution in [2.24, 2.45) is 0 Å². The highest BCUT2D eigenvalue weighted by atomic mass is 16.4. The molecule has 0 unspecified atom stereocenters. The van der Waals surface area contributed by atoms with E-state index in [-0.39, 0.29) is 0 Å². The van der Waals surface area contributed by atoms with Crippen molar-refractivity contribution in [2.45, 2.75) is 13.8 Å². The third-order valence-electron chi connectivity index (χ3n) is 2.37. The molecule has 0 fully saturated rings. The number of imide groups is 1. The largest absolute Gasteiger partial charge is 0.545 e. The van der Waals surface area contributed by atoms with Gasteiger partial charge in [0.2, 0.25) is 0 Å². The Morgan fingerprint density at radius 1 is 1.17 bits per heavy atom. The highest BCUT2D eigenvalue weighted by Gasteiger charge is 2.06. The van der Waals surface area contributed by atoms with Crippen LogP contribution in [0.1, 0.15) is 13.8 Å². The number of hydrogen-bond acceptors (Lipinski definition) is 4. The minimum atomic E-state index is -1.49. The number of aliphatic carboxylic acids is 1. The maximum atomic E-state index is 11.2. The standard InChI is InChI=1S/C11H19N3O4/c1-3-14(4-2)8-7-12-11(18)13-9(15)5-6-10(16)17/h5-6H,3-4,7-8H2,1-2H3,(H,16,17)(H2,12,13,15,18)/b6-5+. The fraction of sp³-hybridized carbons (Fsp3) is 0.545. The van der Waals surface area contributed by atoms with E-state index in [9.17, 15) is 19.5 Å². The highest BCUT2D eigenvalue weighted by molar-refractivity contribution is 6.02. The van der Waals surface area contributed by atoms with Gasteiger partial charge in [-0.3, -0.25) is 10.1 Å². The molecule has 0 rings (SSSR count). The van der Waals surface area contributed by atoms with Crippen LogP contribution in [0.4, 0.5) is 4.79 Å². The fourth-order valence-electron chi connectivity index (χ4n) is 1.30. The molecule has 3 amide bonds. The van der Waals surface area contributed by atoms with Crippen molar-refractivity contribution in [1.82, 2.24) is 10.6 Å². The Morgan fingerprint density at radius 2 is 1.78 bits per heavy atom. The average Bonchev–Trinajstić information content (AvgIpc) is 2.32. The van der Waals surface area contributed by atoms with E-state index in [0.717, 1.165) is 25.7 Å². The predicted octanol–water partition coefficient (Wildman–Crippen LogP) is -2.96. The molecule has 0 radical (unpaired) electrons. The van der Waals surface area contributed by atoms with Gasteiger partial charge in [0.25, 0.3) is 5.91 Å². The van der Waals surface area contributed by atoms with Crippen LogP contribution in [0.2, 0.25) is 0 Å². The van der Waals surface area contributed by atoms with Gasteiger partial charge in [0.05, 0.1) is 32.1 Å². The first-order valence-corrected chi connectivity index (χ1v) is 5.81. The Balaban J connectivity index is 3.84. The maximum absolute atomic E-state index is 11.2. The summed E-state index contributed by atoms with van der Waals surface area (Å²) in [7, 11) is 0. The predicted molar refractivity (Wildman–Crippen MR) is 62.6 cm³/mol. The smallest absolute Gasteiger partial charge is 0.321 e. The number of rotatable bonds is 7. The van der Waals surface area contributed by atoms with Gasteiger partial charge < -0.3 is 20.1 Å². The molecule has 18 heavy (non-hydrogen) atoms. The lowest BCUT2D eigenvalue weighted by Gasteiger charge is -2.15. The number of hydrogen-bond donors (Lipinski definition) is 3. The minimum Gasteiger partial charge on any atom is -0.545 e. The maximum Gasteiger partial charge on any atom is 0.321 e. The zero-order valence-electron chi connectivity index (χ0n) is 10.6. The number of quaternary nitrogens is 1. The van der Waals surface area contributed by atoms with Crippen LogP contribution in [0.3, 0.4) is 0 Å². The molecule has 0 aliphatic rings. The first kappa shape index (κ1) is 16.1. The zero-order chi connectivity index (χ0) is 14.0.